The van der Waals surface area contributed by atoms with Crippen molar-refractivity contribution in [1.82, 2.24) is 10.3 Å². The van der Waals surface area contributed by atoms with Gasteiger partial charge in [-0.3, -0.25) is 4.79 Å². The van der Waals surface area contributed by atoms with Crippen LogP contribution in [-0.2, 0) is 4.79 Å². The van der Waals surface area contributed by atoms with Crippen LogP contribution in [0.5, 0.6) is 11.6 Å². The fraction of sp³-hybridized carbons (Fsp3) is 0.333. The van der Waals surface area contributed by atoms with Crippen molar-refractivity contribution in [2.45, 2.75) is 19.3 Å². The number of hydrogen-bond acceptors (Lipinski definition) is 4. The average Bonchev–Trinajstić information content (AvgIpc) is 3.10. The summed E-state index contributed by atoms with van der Waals surface area (Å²) in [7, 11) is 0. The lowest BCUT2D eigenvalue weighted by atomic mass is 10.0. The van der Waals surface area contributed by atoms with Gasteiger partial charge in [-0.25, -0.2) is 4.98 Å². The quantitative estimate of drug-likeness (QED) is 0.714. The molecule has 0 spiro atoms. The second-order valence-corrected chi connectivity index (χ2v) is 6.32. The van der Waals surface area contributed by atoms with Gasteiger partial charge in [0.25, 0.3) is 0 Å². The van der Waals surface area contributed by atoms with Crippen molar-refractivity contribution in [1.29, 1.82) is 0 Å². The molecule has 1 saturated heterocycles. The summed E-state index contributed by atoms with van der Waals surface area (Å²) in [5.41, 5.74) is 0.674. The van der Waals surface area contributed by atoms with Crippen LogP contribution in [0.3, 0.4) is 0 Å². The van der Waals surface area contributed by atoms with Gasteiger partial charge in [0.1, 0.15) is 5.75 Å². The third kappa shape index (κ3) is 7.00. The fourth-order valence-corrected chi connectivity index (χ4v) is 2.78. The van der Waals surface area contributed by atoms with Crippen LogP contribution in [0.4, 0.5) is 5.69 Å². The maximum Gasteiger partial charge on any atom is 0.224 e. The van der Waals surface area contributed by atoms with Crippen LogP contribution in [0.1, 0.15) is 19.3 Å². The zero-order chi connectivity index (χ0) is 16.8. The molecule has 1 fully saturated rings. The molecule has 1 amide bonds. The van der Waals surface area contributed by atoms with Gasteiger partial charge in [-0.05, 0) is 62.2 Å². The minimum atomic E-state index is 0. The molecule has 2 heterocycles. The molecule has 26 heavy (non-hydrogen) atoms. The second-order valence-electron chi connectivity index (χ2n) is 5.89. The first-order valence-electron chi connectivity index (χ1n) is 8.09. The number of amides is 1. The number of aromatic nitrogens is 1. The normalized spacial score (nSPS) is 15.5. The molecule has 1 aliphatic rings. The highest BCUT2D eigenvalue weighted by Crippen LogP contribution is 2.22. The van der Waals surface area contributed by atoms with Crippen LogP contribution < -0.4 is 15.4 Å². The number of nitrogens with one attached hydrogen (secondary N) is 2. The molecule has 1 aliphatic heterocycles. The van der Waals surface area contributed by atoms with Crippen LogP contribution in [0, 0.1) is 5.92 Å². The molecule has 0 saturated carbocycles. The van der Waals surface area contributed by atoms with Crippen molar-refractivity contribution in [2.24, 2.45) is 5.92 Å². The van der Waals surface area contributed by atoms with Crippen LogP contribution >= 0.6 is 36.4 Å². The lowest BCUT2D eigenvalue weighted by Gasteiger charge is -2.09. The summed E-state index contributed by atoms with van der Waals surface area (Å²) in [5.74, 6) is 1.76. The van der Waals surface area contributed by atoms with E-state index in [0.717, 1.165) is 25.9 Å². The molecule has 2 N–H and O–H groups in total. The number of halogens is 3. The maximum atomic E-state index is 12.0. The Labute approximate surface area is 170 Å². The molecule has 8 heteroatoms. The molecule has 1 unspecified atom stereocenters. The monoisotopic (exact) mass is 417 g/mol. The summed E-state index contributed by atoms with van der Waals surface area (Å²) < 4.78 is 5.62. The highest BCUT2D eigenvalue weighted by Gasteiger charge is 2.15. The molecule has 2 aromatic rings. The summed E-state index contributed by atoms with van der Waals surface area (Å²) >= 11 is 5.84. The van der Waals surface area contributed by atoms with Gasteiger partial charge in [0.05, 0.1) is 11.9 Å². The minimum absolute atomic E-state index is 0. The van der Waals surface area contributed by atoms with Crippen molar-refractivity contribution in [2.75, 3.05) is 18.4 Å². The topological polar surface area (TPSA) is 63.2 Å². The summed E-state index contributed by atoms with van der Waals surface area (Å²) in [5, 5.41) is 6.84. The number of pyridine rings is 1. The van der Waals surface area contributed by atoms with Gasteiger partial charge in [-0.2, -0.15) is 0 Å². The predicted octanol–water partition coefficient (Wildman–Crippen LogP) is 4.70. The van der Waals surface area contributed by atoms with Gasteiger partial charge < -0.3 is 15.4 Å². The second kappa shape index (κ2) is 11.2. The number of ether oxygens (including phenoxy) is 1. The molecule has 0 bridgehead atoms. The Morgan fingerprint density at radius 1 is 1.23 bits per heavy atom. The van der Waals surface area contributed by atoms with E-state index < -0.39 is 0 Å². The highest BCUT2D eigenvalue weighted by atomic mass is 35.5. The number of anilines is 1. The summed E-state index contributed by atoms with van der Waals surface area (Å²) in [6, 6.07) is 10.6. The Balaban J connectivity index is 0.00000169. The third-order valence-corrected chi connectivity index (χ3v) is 4.25. The maximum absolute atomic E-state index is 12.0. The SMILES string of the molecule is Cl.Cl.O=C(CCC1CCNC1)Nc1ccc(Oc2ccc(Cl)cc2)nc1. The van der Waals surface area contributed by atoms with Gasteiger partial charge in [-0.15, -0.1) is 24.8 Å². The summed E-state index contributed by atoms with van der Waals surface area (Å²) in [6.07, 6.45) is 4.21. The first kappa shape index (κ1) is 22.5. The van der Waals surface area contributed by atoms with Crippen molar-refractivity contribution in [3.8, 4) is 11.6 Å². The molecule has 3 rings (SSSR count). The van der Waals surface area contributed by atoms with E-state index in [1.54, 1.807) is 42.6 Å². The number of carbonyl (C=O) groups is 1. The lowest BCUT2D eigenvalue weighted by molar-refractivity contribution is -0.116. The Bertz CT molecular complexity index is 675. The zero-order valence-electron chi connectivity index (χ0n) is 14.1. The van der Waals surface area contributed by atoms with Gasteiger partial charge in [0.2, 0.25) is 11.8 Å². The molecule has 1 aromatic carbocycles. The third-order valence-electron chi connectivity index (χ3n) is 4.00. The Hall–Kier alpha value is -1.53. The number of carbonyl (C=O) groups excluding carboxylic acids is 1. The van der Waals surface area contributed by atoms with Crippen LogP contribution in [0.2, 0.25) is 5.02 Å². The Morgan fingerprint density at radius 2 is 2.00 bits per heavy atom. The fourth-order valence-electron chi connectivity index (χ4n) is 2.66. The average molecular weight is 419 g/mol. The first-order valence-corrected chi connectivity index (χ1v) is 8.47. The summed E-state index contributed by atoms with van der Waals surface area (Å²) in [6.45, 7) is 2.08. The summed E-state index contributed by atoms with van der Waals surface area (Å²) in [4.78, 5) is 16.2. The van der Waals surface area contributed by atoms with Crippen LogP contribution in [0.15, 0.2) is 42.6 Å². The standard InChI is InChI=1S/C18H20ClN3O2.2ClH/c19-14-2-5-16(6-3-14)24-18-8-4-15(12-21-18)22-17(23)7-1-13-9-10-20-11-13;;/h2-6,8,12-13,20H,1,7,9-11H2,(H,22,23);2*1H. The number of rotatable bonds is 6. The van der Waals surface area contributed by atoms with E-state index in [4.69, 9.17) is 16.3 Å². The molecule has 142 valence electrons. The van der Waals surface area contributed by atoms with E-state index >= 15 is 0 Å². The highest BCUT2D eigenvalue weighted by molar-refractivity contribution is 6.30. The molecular weight excluding hydrogens is 397 g/mol. The number of benzene rings is 1. The molecule has 0 radical (unpaired) electrons. The van der Waals surface area contributed by atoms with E-state index in [1.807, 2.05) is 0 Å². The van der Waals surface area contributed by atoms with Crippen molar-refractivity contribution in [3.63, 3.8) is 0 Å². The van der Waals surface area contributed by atoms with E-state index in [9.17, 15) is 4.79 Å². The van der Waals surface area contributed by atoms with E-state index in [0.29, 0.717) is 34.7 Å². The van der Waals surface area contributed by atoms with Crippen molar-refractivity contribution < 1.29 is 9.53 Å². The van der Waals surface area contributed by atoms with Gasteiger partial charge in [-0.1, -0.05) is 11.6 Å². The van der Waals surface area contributed by atoms with Crippen molar-refractivity contribution in [3.05, 3.63) is 47.6 Å². The van der Waals surface area contributed by atoms with Crippen LogP contribution in [-0.4, -0.2) is 24.0 Å². The Kier molecular flexibility index (Phi) is 9.73. The molecule has 1 atom stereocenters. The molecule has 5 nitrogen and oxygen atoms in total. The Morgan fingerprint density at radius 3 is 2.62 bits per heavy atom. The zero-order valence-corrected chi connectivity index (χ0v) is 16.5. The van der Waals surface area contributed by atoms with Gasteiger partial charge in [0.15, 0.2) is 0 Å². The van der Waals surface area contributed by atoms with Crippen molar-refractivity contribution >= 4 is 48.0 Å². The first-order chi connectivity index (χ1) is 11.7. The lowest BCUT2D eigenvalue weighted by Crippen LogP contribution is -2.15. The molecular formula is C18H22Cl3N3O2. The predicted molar refractivity (Wildman–Crippen MR) is 109 cm³/mol. The van der Waals surface area contributed by atoms with E-state index in [2.05, 4.69) is 15.6 Å². The minimum Gasteiger partial charge on any atom is -0.439 e. The smallest absolute Gasteiger partial charge is 0.224 e. The van der Waals surface area contributed by atoms with Gasteiger partial charge in [0, 0.05) is 17.5 Å². The van der Waals surface area contributed by atoms with Gasteiger partial charge >= 0.3 is 0 Å². The molecule has 1 aromatic heterocycles. The largest absolute Gasteiger partial charge is 0.439 e. The number of hydrogen-bond donors (Lipinski definition) is 2. The van der Waals surface area contributed by atoms with E-state index in [1.165, 1.54) is 0 Å². The number of nitrogens with zero attached hydrogens (tertiary/aromatic N) is 1. The molecule has 0 aliphatic carbocycles. The van der Waals surface area contributed by atoms with Crippen LogP contribution in [0.25, 0.3) is 0 Å². The van der Waals surface area contributed by atoms with E-state index in [-0.39, 0.29) is 30.7 Å².